The number of aromatic nitrogens is 2. The van der Waals surface area contributed by atoms with Crippen LogP contribution in [0.25, 0.3) is 0 Å². The third kappa shape index (κ3) is 14.2. The molecule has 164 valence electrons. The van der Waals surface area contributed by atoms with E-state index >= 15 is 0 Å². The average Bonchev–Trinajstić information content (AvgIpc) is 3.08. The predicted molar refractivity (Wildman–Crippen MR) is 114 cm³/mol. The van der Waals surface area contributed by atoms with Gasteiger partial charge in [-0.1, -0.05) is 90.4 Å². The molecule has 0 N–H and O–H groups in total. The molecule has 1 aromatic heterocycles. The Balaban J connectivity index is 1.93. The van der Waals surface area contributed by atoms with Crippen molar-refractivity contribution in [3.05, 3.63) is 18.5 Å². The summed E-state index contributed by atoms with van der Waals surface area (Å²) >= 11 is 0. The molecule has 6 heteroatoms. The maximum absolute atomic E-state index is 10.7. The summed E-state index contributed by atoms with van der Waals surface area (Å²) in [5.74, 6) is -0.288. The molecule has 0 bridgehead atoms. The minimum absolute atomic E-state index is 0.288. The lowest BCUT2D eigenvalue weighted by atomic mass is 10.0. The molecule has 0 unspecified atom stereocenters. The number of aryl methyl sites for hydroxylation is 2. The molecular weight excluding hydrogens is 372 g/mol. The first kappa shape index (κ1) is 25.2. The molecule has 1 rings (SSSR count). The van der Waals surface area contributed by atoms with Gasteiger partial charge in [-0.05, 0) is 6.42 Å². The Labute approximate surface area is 173 Å². The summed E-state index contributed by atoms with van der Waals surface area (Å²) in [7, 11) is -4.11. The van der Waals surface area contributed by atoms with Crippen LogP contribution in [0.1, 0.15) is 103 Å². The summed E-state index contributed by atoms with van der Waals surface area (Å²) in [4.78, 5) is 0. The van der Waals surface area contributed by atoms with Crippen LogP contribution in [0.2, 0.25) is 0 Å². The molecule has 0 spiro atoms. The Morgan fingerprint density at radius 3 is 1.79 bits per heavy atom. The highest BCUT2D eigenvalue weighted by atomic mass is 32.2. The first-order valence-electron chi connectivity index (χ1n) is 11.5. The van der Waals surface area contributed by atoms with Crippen molar-refractivity contribution in [2.45, 2.75) is 116 Å². The van der Waals surface area contributed by atoms with Crippen LogP contribution in [-0.4, -0.2) is 23.4 Å². The van der Waals surface area contributed by atoms with Crippen molar-refractivity contribution in [2.24, 2.45) is 0 Å². The van der Waals surface area contributed by atoms with Gasteiger partial charge in [0.05, 0.1) is 22.9 Å². The van der Waals surface area contributed by atoms with E-state index in [0.717, 1.165) is 13.0 Å². The number of hydrogen-bond acceptors (Lipinski definition) is 3. The highest BCUT2D eigenvalue weighted by Gasteiger charge is 2.08. The molecule has 0 aliphatic carbocycles. The largest absolute Gasteiger partial charge is 0.748 e. The van der Waals surface area contributed by atoms with Gasteiger partial charge >= 0.3 is 0 Å². The second-order valence-corrected chi connectivity index (χ2v) is 9.55. The van der Waals surface area contributed by atoms with Crippen LogP contribution in [0.3, 0.4) is 0 Å². The molecule has 0 aliphatic rings. The van der Waals surface area contributed by atoms with Crippen LogP contribution in [0, 0.1) is 0 Å². The zero-order chi connectivity index (χ0) is 20.5. The van der Waals surface area contributed by atoms with Crippen LogP contribution in [0.5, 0.6) is 0 Å². The molecule has 0 radical (unpaired) electrons. The zero-order valence-electron chi connectivity index (χ0n) is 18.0. The Morgan fingerprint density at radius 2 is 1.29 bits per heavy atom. The third-order valence-corrected chi connectivity index (χ3v) is 6.16. The zero-order valence-corrected chi connectivity index (χ0v) is 18.8. The maximum atomic E-state index is 10.7. The van der Waals surface area contributed by atoms with Crippen LogP contribution in [0.15, 0.2) is 18.5 Å². The molecule has 1 heterocycles. The third-order valence-electron chi connectivity index (χ3n) is 5.37. The number of rotatable bonds is 19. The van der Waals surface area contributed by atoms with Gasteiger partial charge in [0.2, 0.25) is 0 Å². The highest BCUT2D eigenvalue weighted by Crippen LogP contribution is 2.13. The van der Waals surface area contributed by atoms with Gasteiger partial charge in [-0.25, -0.2) is 8.42 Å². The smallest absolute Gasteiger partial charge is 0.195 e. The van der Waals surface area contributed by atoms with Gasteiger partial charge in [-0.3, -0.25) is 0 Å². The van der Waals surface area contributed by atoms with Crippen molar-refractivity contribution in [1.29, 1.82) is 0 Å². The lowest BCUT2D eigenvalue weighted by Crippen LogP contribution is -2.43. The maximum Gasteiger partial charge on any atom is 0.195 e. The minimum atomic E-state index is -4.11. The van der Waals surface area contributed by atoms with Crippen molar-refractivity contribution >= 4 is 10.1 Å². The summed E-state index contributed by atoms with van der Waals surface area (Å²) in [5, 5.41) is 0. The highest BCUT2D eigenvalue weighted by molar-refractivity contribution is 7.85. The van der Waals surface area contributed by atoms with Crippen LogP contribution in [0.4, 0.5) is 0 Å². The lowest BCUT2D eigenvalue weighted by Gasteiger charge is -2.06. The fraction of sp³-hybridized carbons (Fsp3) is 0.864. The quantitative estimate of drug-likeness (QED) is 0.178. The Kier molecular flexibility index (Phi) is 14.4. The molecule has 0 saturated carbocycles. The first-order chi connectivity index (χ1) is 13.5. The van der Waals surface area contributed by atoms with Gasteiger partial charge in [0.1, 0.15) is 0 Å². The summed E-state index contributed by atoms with van der Waals surface area (Å²) in [5.41, 5.74) is 0. The van der Waals surface area contributed by atoms with Crippen molar-refractivity contribution in [3.63, 3.8) is 0 Å². The van der Waals surface area contributed by atoms with E-state index in [0.29, 0.717) is 13.0 Å². The number of nitrogens with zero attached hydrogens (tertiary/aromatic N) is 2. The van der Waals surface area contributed by atoms with E-state index in [2.05, 4.69) is 11.6 Å². The van der Waals surface area contributed by atoms with Gasteiger partial charge in [-0.15, -0.1) is 4.68 Å². The van der Waals surface area contributed by atoms with Crippen molar-refractivity contribution in [1.82, 2.24) is 4.68 Å². The normalized spacial score (nSPS) is 11.9. The van der Waals surface area contributed by atoms with E-state index in [4.69, 9.17) is 0 Å². The van der Waals surface area contributed by atoms with Gasteiger partial charge in [0.15, 0.2) is 12.7 Å². The van der Waals surface area contributed by atoms with E-state index < -0.39 is 10.1 Å². The van der Waals surface area contributed by atoms with Crippen LogP contribution >= 0.6 is 0 Å². The van der Waals surface area contributed by atoms with Crippen molar-refractivity contribution in [2.75, 3.05) is 5.75 Å². The average molecular weight is 415 g/mol. The summed E-state index contributed by atoms with van der Waals surface area (Å²) in [6.45, 7) is 3.80. The summed E-state index contributed by atoms with van der Waals surface area (Å²) in [6, 6.07) is 1.97. The molecular formula is C22H42N2O3S. The second kappa shape index (κ2) is 16.0. The van der Waals surface area contributed by atoms with E-state index in [9.17, 15) is 13.0 Å². The lowest BCUT2D eigenvalue weighted by molar-refractivity contribution is -0.775. The number of unbranched alkanes of at least 4 members (excludes halogenated alkanes) is 13. The molecule has 0 atom stereocenters. The van der Waals surface area contributed by atoms with Crippen LogP contribution < -0.4 is 4.68 Å². The second-order valence-electron chi connectivity index (χ2n) is 8.03. The molecule has 0 fully saturated rings. The molecule has 0 amide bonds. The van der Waals surface area contributed by atoms with Crippen LogP contribution in [-0.2, 0) is 23.2 Å². The van der Waals surface area contributed by atoms with E-state index in [-0.39, 0.29) is 5.75 Å². The van der Waals surface area contributed by atoms with E-state index in [1.807, 2.05) is 23.1 Å². The number of hydrogen-bond donors (Lipinski definition) is 0. The monoisotopic (exact) mass is 414 g/mol. The standard InChI is InChI=1S/C22H42N2O3S/c1-2-3-4-5-6-7-8-9-10-11-12-13-14-15-18-23-19-16-20-24(23)21-17-22-28(25,26)27/h16,19-20H,2-15,17-18,21-22H2,1H3. The van der Waals surface area contributed by atoms with Gasteiger partial charge in [0, 0.05) is 18.2 Å². The Hall–Kier alpha value is -0.880. The van der Waals surface area contributed by atoms with Gasteiger partial charge < -0.3 is 4.55 Å². The molecule has 0 saturated heterocycles. The molecule has 0 aliphatic heterocycles. The van der Waals surface area contributed by atoms with Crippen molar-refractivity contribution in [3.8, 4) is 0 Å². The fourth-order valence-corrected chi connectivity index (χ4v) is 4.17. The summed E-state index contributed by atoms with van der Waals surface area (Å²) < 4.78 is 36.2. The topological polar surface area (TPSA) is 66.0 Å². The molecule has 5 nitrogen and oxygen atoms in total. The van der Waals surface area contributed by atoms with Gasteiger partial charge in [0.25, 0.3) is 0 Å². The molecule has 0 aromatic carbocycles. The summed E-state index contributed by atoms with van der Waals surface area (Å²) in [6.07, 6.45) is 23.3. The van der Waals surface area contributed by atoms with E-state index in [1.54, 1.807) is 0 Å². The van der Waals surface area contributed by atoms with Crippen molar-refractivity contribution < 1.29 is 17.7 Å². The van der Waals surface area contributed by atoms with Gasteiger partial charge in [-0.2, -0.15) is 4.68 Å². The molecule has 28 heavy (non-hydrogen) atoms. The molecule has 1 aromatic rings. The van der Waals surface area contributed by atoms with E-state index in [1.165, 1.54) is 83.5 Å². The predicted octanol–water partition coefficient (Wildman–Crippen LogP) is 5.19. The Morgan fingerprint density at radius 1 is 0.786 bits per heavy atom. The SMILES string of the molecule is CCCCCCCCCCCCCCCCn1ccc[n+]1CCCS(=O)(=O)[O-]. The Bertz CT molecular complexity index is 584. The fourth-order valence-electron chi connectivity index (χ4n) is 3.69. The minimum Gasteiger partial charge on any atom is -0.748 e. The first-order valence-corrected chi connectivity index (χ1v) is 13.1.